The van der Waals surface area contributed by atoms with Gasteiger partial charge in [-0.2, -0.15) is 0 Å². The Hall–Kier alpha value is -0.570. The highest BCUT2D eigenvalue weighted by Crippen LogP contribution is 2.35. The van der Waals surface area contributed by atoms with Crippen molar-refractivity contribution in [2.45, 2.75) is 65.5 Å². The van der Waals surface area contributed by atoms with Gasteiger partial charge >= 0.3 is 5.97 Å². The Kier molecular flexibility index (Phi) is 4.99. The number of nitrogens with one attached hydrogen (secondary N) is 1. The lowest BCUT2D eigenvalue weighted by Gasteiger charge is -2.36. The van der Waals surface area contributed by atoms with E-state index in [2.05, 4.69) is 33.0 Å². The van der Waals surface area contributed by atoms with Gasteiger partial charge in [0.15, 0.2) is 0 Å². The molecule has 0 spiro atoms. The van der Waals surface area contributed by atoms with Crippen molar-refractivity contribution < 1.29 is 9.53 Å². The highest BCUT2D eigenvalue weighted by atomic mass is 16.5. The van der Waals surface area contributed by atoms with E-state index in [1.54, 1.807) is 0 Å². The molecule has 1 aliphatic rings. The van der Waals surface area contributed by atoms with Crippen LogP contribution in [0.4, 0.5) is 0 Å². The first kappa shape index (κ1) is 14.5. The largest absolute Gasteiger partial charge is 0.468 e. The van der Waals surface area contributed by atoms with E-state index in [-0.39, 0.29) is 17.9 Å². The quantitative estimate of drug-likeness (QED) is 0.769. The average Bonchev–Trinajstić information content (AvgIpc) is 2.26. The third-order valence-corrected chi connectivity index (χ3v) is 3.88. The molecule has 0 aromatic rings. The summed E-state index contributed by atoms with van der Waals surface area (Å²) in [4.78, 5) is 11.7. The summed E-state index contributed by atoms with van der Waals surface area (Å²) >= 11 is 0. The second-order valence-electron chi connectivity index (χ2n) is 6.35. The number of carbonyl (C=O) groups excluding carboxylic acids is 1. The van der Waals surface area contributed by atoms with E-state index in [0.29, 0.717) is 11.5 Å². The maximum atomic E-state index is 11.7. The van der Waals surface area contributed by atoms with Gasteiger partial charge < -0.3 is 10.1 Å². The molecule has 1 saturated carbocycles. The highest BCUT2D eigenvalue weighted by Gasteiger charge is 2.31. The first-order valence-corrected chi connectivity index (χ1v) is 6.69. The summed E-state index contributed by atoms with van der Waals surface area (Å²) in [5, 5.41) is 3.47. The van der Waals surface area contributed by atoms with Crippen molar-refractivity contribution in [3.63, 3.8) is 0 Å². The predicted octanol–water partition coefficient (Wildman–Crippen LogP) is 2.74. The van der Waals surface area contributed by atoms with Crippen molar-refractivity contribution in [3.8, 4) is 0 Å². The lowest BCUT2D eigenvalue weighted by atomic mass is 9.75. The van der Waals surface area contributed by atoms with Crippen LogP contribution >= 0.6 is 0 Å². The van der Waals surface area contributed by atoms with Crippen LogP contribution in [0.3, 0.4) is 0 Å². The van der Waals surface area contributed by atoms with Crippen LogP contribution in [0.15, 0.2) is 0 Å². The van der Waals surface area contributed by atoms with Gasteiger partial charge in [-0.15, -0.1) is 0 Å². The summed E-state index contributed by atoms with van der Waals surface area (Å²) < 4.78 is 4.85. The molecule has 1 aliphatic carbocycles. The summed E-state index contributed by atoms with van der Waals surface area (Å²) in [5.41, 5.74) is 0.469. The van der Waals surface area contributed by atoms with Crippen LogP contribution in [0.2, 0.25) is 0 Å². The normalized spacial score (nSPS) is 22.5. The number of rotatable bonds is 4. The van der Waals surface area contributed by atoms with E-state index >= 15 is 0 Å². The van der Waals surface area contributed by atoms with Gasteiger partial charge in [0.25, 0.3) is 0 Å². The fourth-order valence-electron chi connectivity index (χ4n) is 2.48. The Balaban J connectivity index is 2.49. The Morgan fingerprint density at radius 1 is 1.29 bits per heavy atom. The molecule has 0 unspecified atom stereocenters. The van der Waals surface area contributed by atoms with E-state index in [1.165, 1.54) is 20.0 Å². The SMILES string of the molecule is COC(=O)[C@@H](NC1CCC(C)(C)CC1)C(C)C. The van der Waals surface area contributed by atoms with E-state index in [4.69, 9.17) is 4.74 Å². The van der Waals surface area contributed by atoms with E-state index < -0.39 is 0 Å². The molecule has 0 radical (unpaired) electrons. The van der Waals surface area contributed by atoms with Crippen molar-refractivity contribution in [3.05, 3.63) is 0 Å². The van der Waals surface area contributed by atoms with Crippen LogP contribution in [0.1, 0.15) is 53.4 Å². The smallest absolute Gasteiger partial charge is 0.323 e. The zero-order valence-corrected chi connectivity index (χ0v) is 11.9. The second kappa shape index (κ2) is 5.85. The predicted molar refractivity (Wildman–Crippen MR) is 69.8 cm³/mol. The van der Waals surface area contributed by atoms with Crippen molar-refractivity contribution in [1.82, 2.24) is 5.32 Å². The van der Waals surface area contributed by atoms with Gasteiger partial charge in [-0.25, -0.2) is 0 Å². The van der Waals surface area contributed by atoms with Gasteiger partial charge in [-0.05, 0) is 37.0 Å². The molecule has 0 aromatic heterocycles. The van der Waals surface area contributed by atoms with Gasteiger partial charge in [0.05, 0.1) is 7.11 Å². The third kappa shape index (κ3) is 4.30. The van der Waals surface area contributed by atoms with Gasteiger partial charge in [0, 0.05) is 6.04 Å². The van der Waals surface area contributed by atoms with Crippen molar-refractivity contribution in [2.75, 3.05) is 7.11 Å². The molecule has 0 amide bonds. The van der Waals surface area contributed by atoms with E-state index in [9.17, 15) is 4.79 Å². The minimum atomic E-state index is -0.161. The van der Waals surface area contributed by atoms with Crippen LogP contribution in [-0.2, 0) is 9.53 Å². The lowest BCUT2D eigenvalue weighted by molar-refractivity contribution is -0.144. The Morgan fingerprint density at radius 3 is 2.24 bits per heavy atom. The highest BCUT2D eigenvalue weighted by molar-refractivity contribution is 5.75. The summed E-state index contributed by atoms with van der Waals surface area (Å²) in [6.45, 7) is 8.76. The van der Waals surface area contributed by atoms with Gasteiger partial charge in [0.2, 0.25) is 0 Å². The molecule has 1 N–H and O–H groups in total. The van der Waals surface area contributed by atoms with Crippen molar-refractivity contribution in [1.29, 1.82) is 0 Å². The van der Waals surface area contributed by atoms with E-state index in [1.807, 2.05) is 0 Å². The molecule has 1 rings (SSSR count). The maximum Gasteiger partial charge on any atom is 0.323 e. The number of hydrogen-bond donors (Lipinski definition) is 1. The van der Waals surface area contributed by atoms with Gasteiger partial charge in [0.1, 0.15) is 6.04 Å². The first-order chi connectivity index (χ1) is 7.85. The molecule has 0 aromatic carbocycles. The molecule has 17 heavy (non-hydrogen) atoms. The van der Waals surface area contributed by atoms with Crippen LogP contribution in [0, 0.1) is 11.3 Å². The molecular weight excluding hydrogens is 214 g/mol. The minimum Gasteiger partial charge on any atom is -0.468 e. The fraction of sp³-hybridized carbons (Fsp3) is 0.929. The Bertz CT molecular complexity index is 251. The standard InChI is InChI=1S/C14H27NO2/c1-10(2)12(13(16)17-5)15-11-6-8-14(3,4)9-7-11/h10-12,15H,6-9H2,1-5H3/t12-/m0/s1. The topological polar surface area (TPSA) is 38.3 Å². The molecule has 0 saturated heterocycles. The van der Waals surface area contributed by atoms with Gasteiger partial charge in [-0.1, -0.05) is 27.7 Å². The molecule has 1 fully saturated rings. The molecule has 0 aliphatic heterocycles. The monoisotopic (exact) mass is 241 g/mol. The molecule has 0 bridgehead atoms. The third-order valence-electron chi connectivity index (χ3n) is 3.88. The molecule has 3 heteroatoms. The molecular formula is C14H27NO2. The van der Waals surface area contributed by atoms with Crippen LogP contribution in [0.5, 0.6) is 0 Å². The van der Waals surface area contributed by atoms with E-state index in [0.717, 1.165) is 12.8 Å². The zero-order chi connectivity index (χ0) is 13.1. The number of carbonyl (C=O) groups is 1. The molecule has 1 atom stereocenters. The number of hydrogen-bond acceptors (Lipinski definition) is 3. The summed E-state index contributed by atoms with van der Waals surface area (Å²) in [7, 11) is 1.46. The lowest BCUT2D eigenvalue weighted by Crippen LogP contribution is -2.48. The van der Waals surface area contributed by atoms with Crippen molar-refractivity contribution >= 4 is 5.97 Å². The maximum absolute atomic E-state index is 11.7. The van der Waals surface area contributed by atoms with Gasteiger partial charge in [-0.3, -0.25) is 4.79 Å². The minimum absolute atomic E-state index is 0.134. The number of methoxy groups -OCH3 is 1. The summed E-state index contributed by atoms with van der Waals surface area (Å²) in [6, 6.07) is 0.306. The average molecular weight is 241 g/mol. The molecule has 100 valence electrons. The second-order valence-corrected chi connectivity index (χ2v) is 6.35. The zero-order valence-electron chi connectivity index (χ0n) is 11.9. The van der Waals surface area contributed by atoms with Crippen LogP contribution < -0.4 is 5.32 Å². The Morgan fingerprint density at radius 2 is 1.82 bits per heavy atom. The first-order valence-electron chi connectivity index (χ1n) is 6.69. The van der Waals surface area contributed by atoms with Crippen LogP contribution in [0.25, 0.3) is 0 Å². The number of ether oxygens (including phenoxy) is 1. The summed E-state index contributed by atoms with van der Waals surface area (Å²) in [5.74, 6) is 0.141. The molecule has 0 heterocycles. The number of esters is 1. The van der Waals surface area contributed by atoms with Crippen LogP contribution in [-0.4, -0.2) is 25.2 Å². The fourth-order valence-corrected chi connectivity index (χ4v) is 2.48. The molecule has 3 nitrogen and oxygen atoms in total. The van der Waals surface area contributed by atoms with Crippen molar-refractivity contribution in [2.24, 2.45) is 11.3 Å². The summed E-state index contributed by atoms with van der Waals surface area (Å²) in [6.07, 6.45) is 4.79. The Labute approximate surface area is 105 Å².